The van der Waals surface area contributed by atoms with Crippen LogP contribution in [0.2, 0.25) is 0 Å². The smallest absolute Gasteiger partial charge is 0.401 e. The van der Waals surface area contributed by atoms with Gasteiger partial charge in [-0.1, -0.05) is 6.07 Å². The Hall–Kier alpha value is -2.67. The maximum Gasteiger partial charge on any atom is 0.401 e. The van der Waals surface area contributed by atoms with E-state index in [1.807, 2.05) is 0 Å². The van der Waals surface area contributed by atoms with E-state index in [1.54, 1.807) is 0 Å². The molecule has 33 heavy (non-hydrogen) atoms. The number of anilines is 1. The molecule has 2 heterocycles. The van der Waals surface area contributed by atoms with Gasteiger partial charge in [-0.2, -0.15) is 13.2 Å². The van der Waals surface area contributed by atoms with Crippen LogP contribution in [0.3, 0.4) is 0 Å². The lowest BCUT2D eigenvalue weighted by Crippen LogP contribution is -2.42. The van der Waals surface area contributed by atoms with Crippen LogP contribution in [0.4, 0.5) is 18.9 Å². The van der Waals surface area contributed by atoms with Gasteiger partial charge in [-0.25, -0.2) is 8.42 Å². The van der Waals surface area contributed by atoms with E-state index >= 15 is 0 Å². The number of nitrogens with zero attached hydrogens (tertiary/aromatic N) is 2. The number of piperidine rings is 1. The van der Waals surface area contributed by atoms with Crippen molar-refractivity contribution in [1.82, 2.24) is 9.62 Å². The number of halogens is 3. The Balaban J connectivity index is 1.46. The molecule has 0 aliphatic carbocycles. The second-order valence-corrected chi connectivity index (χ2v) is 9.57. The third kappa shape index (κ3) is 7.70. The molecular weight excluding hydrogens is 465 g/mol. The molecule has 0 radical (unpaired) electrons. The van der Waals surface area contributed by atoms with Gasteiger partial charge in [-0.15, -0.1) is 0 Å². The lowest BCUT2D eigenvalue weighted by molar-refractivity contribution is -0.157. The third-order valence-corrected chi connectivity index (χ3v) is 6.60. The molecule has 13 heteroatoms. The average molecular weight is 491 g/mol. The lowest BCUT2D eigenvalue weighted by atomic mass is 9.97. The van der Waals surface area contributed by atoms with Crippen LogP contribution >= 0.6 is 0 Å². The maximum atomic E-state index is 12.5. The van der Waals surface area contributed by atoms with Gasteiger partial charge < -0.3 is 10.1 Å². The minimum Gasteiger partial charge on any atom is -0.455 e. The summed E-state index contributed by atoms with van der Waals surface area (Å²) in [6.45, 7) is -0.803. The molecule has 1 aromatic carbocycles. The summed E-state index contributed by atoms with van der Waals surface area (Å²) in [5.74, 6) is -1.49. The van der Waals surface area contributed by atoms with Gasteiger partial charge in [-0.3, -0.25) is 24.2 Å². The number of amidine groups is 1. The van der Waals surface area contributed by atoms with Crippen LogP contribution < -0.4 is 10.0 Å². The van der Waals surface area contributed by atoms with Crippen molar-refractivity contribution >= 4 is 33.4 Å². The van der Waals surface area contributed by atoms with Gasteiger partial charge in [0.2, 0.25) is 0 Å². The van der Waals surface area contributed by atoms with Crippen molar-refractivity contribution in [3.8, 4) is 0 Å². The number of sulfonamides is 1. The first-order valence-corrected chi connectivity index (χ1v) is 11.9. The van der Waals surface area contributed by atoms with Crippen molar-refractivity contribution in [2.75, 3.05) is 38.1 Å². The Morgan fingerprint density at radius 3 is 2.58 bits per heavy atom. The Kier molecular flexibility index (Phi) is 7.95. The van der Waals surface area contributed by atoms with E-state index in [-0.39, 0.29) is 36.5 Å². The van der Waals surface area contributed by atoms with E-state index in [1.165, 1.54) is 29.2 Å². The highest BCUT2D eigenvalue weighted by molar-refractivity contribution is 7.90. The van der Waals surface area contributed by atoms with E-state index in [9.17, 15) is 31.2 Å². The standard InChI is InChI=1S/C20H25F3N4O5S/c21-20(22,23)13-27-9-6-14(7-10-27)19(29)32-12-18(28)25-15-3-1-4-16(11-15)33(30,31)26-17-5-2-8-24-17/h1,3-4,11,14H,2,5-10,12-13H2,(H,24,26)(H,25,28). The molecule has 0 spiro atoms. The Morgan fingerprint density at radius 1 is 1.21 bits per heavy atom. The molecule has 0 aromatic heterocycles. The first kappa shape index (κ1) is 25.0. The zero-order valence-electron chi connectivity index (χ0n) is 17.7. The average Bonchev–Trinajstić information content (AvgIpc) is 3.24. The normalized spacial score (nSPS) is 18.0. The number of benzene rings is 1. The molecule has 0 atom stereocenters. The van der Waals surface area contributed by atoms with Crippen LogP contribution in [0, 0.1) is 5.92 Å². The Morgan fingerprint density at radius 2 is 1.94 bits per heavy atom. The molecule has 2 N–H and O–H groups in total. The van der Waals surface area contributed by atoms with Crippen molar-refractivity contribution in [1.29, 1.82) is 0 Å². The maximum absolute atomic E-state index is 12.5. The van der Waals surface area contributed by atoms with Gasteiger partial charge in [0, 0.05) is 18.7 Å². The van der Waals surface area contributed by atoms with Gasteiger partial charge in [0.15, 0.2) is 6.61 Å². The summed E-state index contributed by atoms with van der Waals surface area (Å²) < 4.78 is 69.7. The van der Waals surface area contributed by atoms with Gasteiger partial charge >= 0.3 is 12.1 Å². The van der Waals surface area contributed by atoms with Gasteiger partial charge in [0.05, 0.1) is 17.4 Å². The second kappa shape index (κ2) is 10.5. The van der Waals surface area contributed by atoms with Crippen molar-refractivity contribution < 1.29 is 35.9 Å². The Labute approximate surface area is 189 Å². The zero-order chi connectivity index (χ0) is 24.1. The summed E-state index contributed by atoms with van der Waals surface area (Å²) in [7, 11) is -3.85. The molecular formula is C20H25F3N4O5S. The highest BCUT2D eigenvalue weighted by Crippen LogP contribution is 2.23. The predicted molar refractivity (Wildman–Crippen MR) is 113 cm³/mol. The van der Waals surface area contributed by atoms with Gasteiger partial charge in [0.1, 0.15) is 5.84 Å². The van der Waals surface area contributed by atoms with Crippen molar-refractivity contribution in [2.45, 2.75) is 36.8 Å². The number of carbonyl (C=O) groups is 2. The van der Waals surface area contributed by atoms with E-state index in [4.69, 9.17) is 4.74 Å². The molecule has 2 aliphatic heterocycles. The number of carbonyl (C=O) groups excluding carboxylic acids is 2. The highest BCUT2D eigenvalue weighted by atomic mass is 32.2. The zero-order valence-corrected chi connectivity index (χ0v) is 18.5. The quantitative estimate of drug-likeness (QED) is 0.564. The number of esters is 1. The number of likely N-dealkylation sites (tertiary alicyclic amines) is 1. The van der Waals surface area contributed by atoms with Crippen LogP contribution in [0.1, 0.15) is 25.7 Å². The number of alkyl halides is 3. The SMILES string of the molecule is O=C(COC(=O)C1CCN(CC(F)(F)F)CC1)Nc1cccc(S(=O)(=O)NC2=NCCC2)c1. The van der Waals surface area contributed by atoms with Crippen molar-refractivity contribution in [3.05, 3.63) is 24.3 Å². The summed E-state index contributed by atoms with van der Waals surface area (Å²) >= 11 is 0. The summed E-state index contributed by atoms with van der Waals surface area (Å²) in [6.07, 6.45) is -2.53. The Bertz CT molecular complexity index is 1010. The summed E-state index contributed by atoms with van der Waals surface area (Å²) in [4.78, 5) is 29.5. The molecule has 0 unspecified atom stereocenters. The van der Waals surface area contributed by atoms with E-state index in [2.05, 4.69) is 15.0 Å². The summed E-state index contributed by atoms with van der Waals surface area (Å²) in [6, 6.07) is 5.59. The number of amides is 1. The minimum atomic E-state index is -4.29. The molecule has 9 nitrogen and oxygen atoms in total. The molecule has 1 fully saturated rings. The molecule has 182 valence electrons. The fourth-order valence-electron chi connectivity index (χ4n) is 3.61. The van der Waals surface area contributed by atoms with Crippen LogP contribution in [0.5, 0.6) is 0 Å². The van der Waals surface area contributed by atoms with Crippen LogP contribution in [-0.4, -0.2) is 70.0 Å². The molecule has 0 bridgehead atoms. The molecule has 0 saturated carbocycles. The van der Waals surface area contributed by atoms with Crippen LogP contribution in [0.25, 0.3) is 0 Å². The van der Waals surface area contributed by atoms with E-state index < -0.39 is 47.1 Å². The molecule has 3 rings (SSSR count). The highest BCUT2D eigenvalue weighted by Gasteiger charge is 2.34. The van der Waals surface area contributed by atoms with Gasteiger partial charge in [-0.05, 0) is 50.6 Å². The first-order chi connectivity index (χ1) is 15.5. The monoisotopic (exact) mass is 490 g/mol. The van der Waals surface area contributed by atoms with Crippen LogP contribution in [0.15, 0.2) is 34.2 Å². The largest absolute Gasteiger partial charge is 0.455 e. The fraction of sp³-hybridized carbons (Fsp3) is 0.550. The van der Waals surface area contributed by atoms with Crippen LogP contribution in [-0.2, 0) is 24.3 Å². The van der Waals surface area contributed by atoms with E-state index in [0.717, 1.165) is 6.42 Å². The van der Waals surface area contributed by atoms with Crippen molar-refractivity contribution in [3.63, 3.8) is 0 Å². The summed E-state index contributed by atoms with van der Waals surface area (Å²) in [5, 5.41) is 2.47. The number of hydrogen-bond donors (Lipinski definition) is 2. The first-order valence-electron chi connectivity index (χ1n) is 10.4. The van der Waals surface area contributed by atoms with Gasteiger partial charge in [0.25, 0.3) is 15.9 Å². The minimum absolute atomic E-state index is 0.0579. The molecule has 1 saturated heterocycles. The lowest BCUT2D eigenvalue weighted by Gasteiger charge is -2.31. The number of aliphatic imine (C=N–C) groups is 1. The number of ether oxygens (including phenoxy) is 1. The second-order valence-electron chi connectivity index (χ2n) is 7.89. The number of rotatable bonds is 7. The van der Waals surface area contributed by atoms with E-state index in [0.29, 0.717) is 18.8 Å². The predicted octanol–water partition coefficient (Wildman–Crippen LogP) is 1.91. The molecule has 1 amide bonds. The molecule has 2 aliphatic rings. The third-order valence-electron chi connectivity index (χ3n) is 5.22. The number of hydrogen-bond acceptors (Lipinski definition) is 7. The van der Waals surface area contributed by atoms with Crippen molar-refractivity contribution in [2.24, 2.45) is 10.9 Å². The topological polar surface area (TPSA) is 117 Å². The molecule has 1 aromatic rings. The fourth-order valence-corrected chi connectivity index (χ4v) is 4.74. The summed E-state index contributed by atoms with van der Waals surface area (Å²) in [5.41, 5.74) is 0.202. The number of nitrogens with one attached hydrogen (secondary N) is 2.